The van der Waals surface area contributed by atoms with Crippen molar-refractivity contribution in [2.45, 2.75) is 23.7 Å². The summed E-state index contributed by atoms with van der Waals surface area (Å²) in [4.78, 5) is 15.6. The zero-order chi connectivity index (χ0) is 13.8. The number of aromatic nitrogens is 4. The zero-order valence-corrected chi connectivity index (χ0v) is 10.9. The highest BCUT2D eigenvalue weighted by atomic mass is 32.2. The van der Waals surface area contributed by atoms with Gasteiger partial charge < -0.3 is 10.9 Å². The molecule has 0 aromatic carbocycles. The lowest BCUT2D eigenvalue weighted by Crippen LogP contribution is -2.16. The number of hydrogen-bond acceptors (Lipinski definition) is 6. The van der Waals surface area contributed by atoms with Crippen molar-refractivity contribution < 1.29 is 5.21 Å². The Bertz CT molecular complexity index is 662. The van der Waals surface area contributed by atoms with Crippen LogP contribution in [0.3, 0.4) is 0 Å². The lowest BCUT2D eigenvalue weighted by atomic mass is 10.3. The Morgan fingerprint density at radius 1 is 1.63 bits per heavy atom. The molecule has 2 rings (SSSR count). The first kappa shape index (κ1) is 13.1. The summed E-state index contributed by atoms with van der Waals surface area (Å²) in [7, 11) is 0. The van der Waals surface area contributed by atoms with Crippen LogP contribution in [-0.2, 0) is 6.54 Å². The zero-order valence-electron chi connectivity index (χ0n) is 10.1. The van der Waals surface area contributed by atoms with Gasteiger partial charge in [-0.1, -0.05) is 11.2 Å². The molecule has 2 aromatic rings. The van der Waals surface area contributed by atoms with E-state index in [-0.39, 0.29) is 11.5 Å². The molecule has 0 aliphatic carbocycles. The Morgan fingerprint density at radius 2 is 2.42 bits per heavy atom. The fourth-order valence-corrected chi connectivity index (χ4v) is 2.31. The van der Waals surface area contributed by atoms with Gasteiger partial charge >= 0.3 is 5.69 Å². The number of aromatic amines is 1. The largest absolute Gasteiger partial charge is 0.409 e. The minimum absolute atomic E-state index is 0.0719. The summed E-state index contributed by atoms with van der Waals surface area (Å²) >= 11 is 1.22. The Hall–Kier alpha value is -2.29. The Morgan fingerprint density at radius 3 is 3.11 bits per heavy atom. The maximum Gasteiger partial charge on any atom is 0.343 e. The van der Waals surface area contributed by atoms with Crippen LogP contribution in [0.4, 0.5) is 0 Å². The molecule has 0 aliphatic heterocycles. The summed E-state index contributed by atoms with van der Waals surface area (Å²) in [5.74, 6) is -0.0719. The van der Waals surface area contributed by atoms with E-state index in [1.54, 1.807) is 18.2 Å². The fourth-order valence-electron chi connectivity index (χ4n) is 1.42. The standard InChI is InChI=1S/C10H12N6O2S/c1-2-16-9(17)13-14-10(16)19-7-5-3-4-6(12-7)8(11)15-18/h3-5,18H,2H2,1H3,(H2,11,15)(H,13,17). The van der Waals surface area contributed by atoms with Gasteiger partial charge in [-0.3, -0.25) is 4.57 Å². The first-order valence-corrected chi connectivity index (χ1v) is 6.25. The third-order valence-corrected chi connectivity index (χ3v) is 3.26. The first-order chi connectivity index (χ1) is 9.15. The van der Waals surface area contributed by atoms with Crippen LogP contribution in [0.25, 0.3) is 0 Å². The number of nitrogens with one attached hydrogen (secondary N) is 1. The Labute approximate surface area is 112 Å². The summed E-state index contributed by atoms with van der Waals surface area (Å²) < 4.78 is 1.49. The van der Waals surface area contributed by atoms with Crippen molar-refractivity contribution >= 4 is 17.6 Å². The molecule has 2 heterocycles. The van der Waals surface area contributed by atoms with E-state index in [1.807, 2.05) is 6.92 Å². The lowest BCUT2D eigenvalue weighted by Gasteiger charge is -2.03. The Balaban J connectivity index is 2.31. The highest BCUT2D eigenvalue weighted by Gasteiger charge is 2.10. The molecule has 9 heteroatoms. The van der Waals surface area contributed by atoms with Crippen molar-refractivity contribution in [3.05, 3.63) is 34.4 Å². The number of nitrogens with two attached hydrogens (primary N) is 1. The summed E-state index contributed by atoms with van der Waals surface area (Å²) in [5, 5.41) is 18.9. The maximum atomic E-state index is 11.4. The molecule has 0 saturated heterocycles. The fraction of sp³-hybridized carbons (Fsp3) is 0.200. The topological polar surface area (TPSA) is 122 Å². The normalized spacial score (nSPS) is 11.7. The van der Waals surface area contributed by atoms with Crippen molar-refractivity contribution in [1.29, 1.82) is 0 Å². The molecule has 0 fully saturated rings. The molecule has 0 unspecified atom stereocenters. The molecule has 0 saturated carbocycles. The molecular formula is C10H12N6O2S. The highest BCUT2D eigenvalue weighted by molar-refractivity contribution is 7.99. The van der Waals surface area contributed by atoms with E-state index in [0.29, 0.717) is 22.4 Å². The molecule has 0 radical (unpaired) electrons. The molecule has 19 heavy (non-hydrogen) atoms. The molecule has 0 atom stereocenters. The van der Waals surface area contributed by atoms with E-state index in [4.69, 9.17) is 10.9 Å². The quantitative estimate of drug-likeness (QED) is 0.319. The number of pyridine rings is 1. The number of amidine groups is 1. The van der Waals surface area contributed by atoms with Gasteiger partial charge in [0, 0.05) is 6.54 Å². The Kier molecular flexibility index (Phi) is 3.85. The van der Waals surface area contributed by atoms with Gasteiger partial charge in [0.2, 0.25) is 0 Å². The van der Waals surface area contributed by atoms with Crippen molar-refractivity contribution in [3.63, 3.8) is 0 Å². The van der Waals surface area contributed by atoms with Crippen LogP contribution in [0, 0.1) is 0 Å². The average molecular weight is 280 g/mol. The lowest BCUT2D eigenvalue weighted by molar-refractivity contribution is 0.318. The van der Waals surface area contributed by atoms with Crippen molar-refractivity contribution in [1.82, 2.24) is 19.7 Å². The monoisotopic (exact) mass is 280 g/mol. The molecular weight excluding hydrogens is 268 g/mol. The van der Waals surface area contributed by atoms with Gasteiger partial charge in [-0.25, -0.2) is 14.9 Å². The number of H-pyrrole nitrogens is 1. The summed E-state index contributed by atoms with van der Waals surface area (Å²) in [6, 6.07) is 5.10. The SMILES string of the molecule is CCn1c(Sc2cccc(C(N)=NO)n2)n[nH]c1=O. The van der Waals surface area contributed by atoms with E-state index in [2.05, 4.69) is 20.3 Å². The van der Waals surface area contributed by atoms with Crippen LogP contribution in [0.5, 0.6) is 0 Å². The van der Waals surface area contributed by atoms with E-state index >= 15 is 0 Å². The van der Waals surface area contributed by atoms with Gasteiger partial charge in [-0.05, 0) is 30.8 Å². The average Bonchev–Trinajstić information content (AvgIpc) is 2.78. The number of rotatable bonds is 4. The van der Waals surface area contributed by atoms with Crippen molar-refractivity contribution in [3.8, 4) is 0 Å². The smallest absolute Gasteiger partial charge is 0.343 e. The minimum atomic E-state index is -0.266. The van der Waals surface area contributed by atoms with E-state index in [1.165, 1.54) is 16.3 Å². The van der Waals surface area contributed by atoms with Crippen LogP contribution in [0.2, 0.25) is 0 Å². The van der Waals surface area contributed by atoms with Gasteiger partial charge in [0.05, 0.1) is 0 Å². The maximum absolute atomic E-state index is 11.4. The molecule has 0 amide bonds. The van der Waals surface area contributed by atoms with E-state index in [9.17, 15) is 4.79 Å². The number of oxime groups is 1. The van der Waals surface area contributed by atoms with Crippen LogP contribution in [0.15, 0.2) is 38.3 Å². The van der Waals surface area contributed by atoms with Crippen molar-refractivity contribution in [2.75, 3.05) is 0 Å². The second-order valence-electron chi connectivity index (χ2n) is 3.50. The highest BCUT2D eigenvalue weighted by Crippen LogP contribution is 2.22. The third kappa shape index (κ3) is 2.76. The summed E-state index contributed by atoms with van der Waals surface area (Å²) in [6.07, 6.45) is 0. The van der Waals surface area contributed by atoms with Gasteiger partial charge in [0.1, 0.15) is 10.7 Å². The molecule has 0 aliphatic rings. The summed E-state index contributed by atoms with van der Waals surface area (Å²) in [5.41, 5.74) is 5.56. The third-order valence-electron chi connectivity index (χ3n) is 2.33. The number of nitrogens with zero attached hydrogens (tertiary/aromatic N) is 4. The molecule has 4 N–H and O–H groups in total. The van der Waals surface area contributed by atoms with Gasteiger partial charge in [-0.15, -0.1) is 5.10 Å². The number of hydrogen-bond donors (Lipinski definition) is 3. The molecule has 8 nitrogen and oxygen atoms in total. The second-order valence-corrected chi connectivity index (χ2v) is 4.49. The minimum Gasteiger partial charge on any atom is -0.409 e. The van der Waals surface area contributed by atoms with Crippen LogP contribution < -0.4 is 11.4 Å². The van der Waals surface area contributed by atoms with Gasteiger partial charge in [0.25, 0.3) is 0 Å². The second kappa shape index (κ2) is 5.57. The summed E-state index contributed by atoms with van der Waals surface area (Å²) in [6.45, 7) is 2.36. The van der Waals surface area contributed by atoms with Gasteiger partial charge in [-0.2, -0.15) is 0 Å². The predicted molar refractivity (Wildman–Crippen MR) is 69.4 cm³/mol. The van der Waals surface area contributed by atoms with Crippen LogP contribution in [-0.4, -0.2) is 30.8 Å². The molecule has 0 spiro atoms. The molecule has 100 valence electrons. The van der Waals surface area contributed by atoms with Crippen LogP contribution in [0.1, 0.15) is 12.6 Å². The first-order valence-electron chi connectivity index (χ1n) is 5.43. The van der Waals surface area contributed by atoms with E-state index in [0.717, 1.165) is 0 Å². The molecule has 2 aromatic heterocycles. The predicted octanol–water partition coefficient (Wildman–Crippen LogP) is 0.232. The molecule has 0 bridgehead atoms. The van der Waals surface area contributed by atoms with Gasteiger partial charge in [0.15, 0.2) is 11.0 Å². The van der Waals surface area contributed by atoms with E-state index < -0.39 is 0 Å². The van der Waals surface area contributed by atoms with Crippen molar-refractivity contribution in [2.24, 2.45) is 10.9 Å². The van der Waals surface area contributed by atoms with Crippen LogP contribution >= 0.6 is 11.8 Å².